The Balaban J connectivity index is 1.92. The summed E-state index contributed by atoms with van der Waals surface area (Å²) in [5, 5.41) is 11.5. The van der Waals surface area contributed by atoms with Crippen molar-refractivity contribution in [1.29, 1.82) is 5.26 Å². The number of carbonyl (C=O) groups is 2. The molecule has 1 heterocycles. The molecule has 0 spiro atoms. The molecule has 0 aliphatic carbocycles. The smallest absolute Gasteiger partial charge is 0.227 e. The van der Waals surface area contributed by atoms with E-state index >= 15 is 0 Å². The first-order chi connectivity index (χ1) is 12.1. The predicted molar refractivity (Wildman–Crippen MR) is 95.9 cm³/mol. The molecule has 0 saturated heterocycles. The van der Waals surface area contributed by atoms with Crippen molar-refractivity contribution >= 4 is 23.3 Å². The molecule has 1 aromatic carbocycles. The van der Waals surface area contributed by atoms with E-state index in [1.54, 1.807) is 17.2 Å². The number of carbonyl (C=O) groups excluding carboxylic acids is 2. The van der Waals surface area contributed by atoms with E-state index in [4.69, 9.17) is 5.26 Å². The summed E-state index contributed by atoms with van der Waals surface area (Å²) in [5.41, 5.74) is 1.73. The summed E-state index contributed by atoms with van der Waals surface area (Å²) in [7, 11) is 0. The van der Waals surface area contributed by atoms with Gasteiger partial charge in [-0.25, -0.2) is 4.98 Å². The van der Waals surface area contributed by atoms with E-state index in [1.165, 1.54) is 0 Å². The number of aryl methyl sites for hydroxylation is 1. The topological polar surface area (TPSA) is 86.1 Å². The van der Waals surface area contributed by atoms with Gasteiger partial charge in [-0.05, 0) is 30.7 Å². The largest absolute Gasteiger partial charge is 0.311 e. The van der Waals surface area contributed by atoms with Gasteiger partial charge in [-0.1, -0.05) is 24.3 Å². The Morgan fingerprint density at radius 3 is 2.56 bits per heavy atom. The van der Waals surface area contributed by atoms with Crippen LogP contribution in [0.4, 0.5) is 11.5 Å². The van der Waals surface area contributed by atoms with Gasteiger partial charge in [0.05, 0.1) is 12.5 Å². The minimum absolute atomic E-state index is 0.0598. The predicted octanol–water partition coefficient (Wildman–Crippen LogP) is 3.06. The van der Waals surface area contributed by atoms with Crippen molar-refractivity contribution in [2.45, 2.75) is 26.2 Å². The molecule has 1 N–H and O–H groups in total. The quantitative estimate of drug-likeness (QED) is 0.842. The fourth-order valence-electron chi connectivity index (χ4n) is 2.27. The normalized spacial score (nSPS) is 9.92. The number of hydrogen-bond donors (Lipinski definition) is 1. The summed E-state index contributed by atoms with van der Waals surface area (Å²) in [6.45, 7) is 2.22. The first kappa shape index (κ1) is 18.1. The van der Waals surface area contributed by atoms with Crippen LogP contribution >= 0.6 is 0 Å². The van der Waals surface area contributed by atoms with Gasteiger partial charge in [-0.3, -0.25) is 9.59 Å². The maximum Gasteiger partial charge on any atom is 0.227 e. The Hall–Kier alpha value is -3.20. The van der Waals surface area contributed by atoms with E-state index in [2.05, 4.69) is 10.3 Å². The number of nitriles is 1. The summed E-state index contributed by atoms with van der Waals surface area (Å²) in [6.07, 6.45) is 2.03. The number of rotatable bonds is 7. The van der Waals surface area contributed by atoms with E-state index in [-0.39, 0.29) is 31.1 Å². The van der Waals surface area contributed by atoms with E-state index in [1.807, 2.05) is 49.4 Å². The third-order valence-corrected chi connectivity index (χ3v) is 3.56. The second kappa shape index (κ2) is 9.18. The monoisotopic (exact) mass is 336 g/mol. The molecule has 2 aromatic rings. The van der Waals surface area contributed by atoms with Crippen LogP contribution in [0.2, 0.25) is 0 Å². The molecule has 25 heavy (non-hydrogen) atoms. The second-order valence-corrected chi connectivity index (χ2v) is 5.56. The molecule has 0 fully saturated rings. The van der Waals surface area contributed by atoms with Crippen LogP contribution in [0.3, 0.4) is 0 Å². The zero-order valence-electron chi connectivity index (χ0n) is 14.1. The highest BCUT2D eigenvalue weighted by Gasteiger charge is 2.16. The number of para-hydroxylation sites is 1. The Morgan fingerprint density at radius 1 is 1.16 bits per heavy atom. The van der Waals surface area contributed by atoms with Gasteiger partial charge in [0, 0.05) is 31.3 Å². The lowest BCUT2D eigenvalue weighted by Gasteiger charge is -2.21. The van der Waals surface area contributed by atoms with Crippen molar-refractivity contribution in [3.05, 3.63) is 54.2 Å². The van der Waals surface area contributed by atoms with Crippen LogP contribution in [0, 0.1) is 18.3 Å². The van der Waals surface area contributed by atoms with E-state index in [9.17, 15) is 9.59 Å². The molecule has 1 aromatic heterocycles. The maximum atomic E-state index is 12.5. The Labute approximate surface area is 147 Å². The molecule has 0 atom stereocenters. The van der Waals surface area contributed by atoms with Crippen LogP contribution in [0.5, 0.6) is 0 Å². The van der Waals surface area contributed by atoms with Crippen molar-refractivity contribution in [2.75, 3.05) is 16.8 Å². The lowest BCUT2D eigenvalue weighted by Crippen LogP contribution is -2.32. The molecule has 2 rings (SSSR count). The first-order valence-electron chi connectivity index (χ1n) is 8.05. The molecule has 0 aliphatic heterocycles. The molecular formula is C19H20N4O2. The highest BCUT2D eigenvalue weighted by atomic mass is 16.2. The molecule has 0 bridgehead atoms. The average molecular weight is 336 g/mol. The Bertz CT molecular complexity index is 751. The summed E-state index contributed by atoms with van der Waals surface area (Å²) in [4.78, 5) is 30.1. The van der Waals surface area contributed by atoms with Crippen molar-refractivity contribution < 1.29 is 9.59 Å². The number of pyridine rings is 1. The molecule has 0 radical (unpaired) electrons. The van der Waals surface area contributed by atoms with Gasteiger partial charge < -0.3 is 10.2 Å². The van der Waals surface area contributed by atoms with E-state index < -0.39 is 0 Å². The summed E-state index contributed by atoms with van der Waals surface area (Å²) in [5.74, 6) is 0.0129. The minimum atomic E-state index is -0.266. The number of hydrogen-bond acceptors (Lipinski definition) is 4. The van der Waals surface area contributed by atoms with Gasteiger partial charge in [-0.2, -0.15) is 5.26 Å². The lowest BCUT2D eigenvalue weighted by atomic mass is 10.2. The highest BCUT2D eigenvalue weighted by molar-refractivity contribution is 5.97. The van der Waals surface area contributed by atoms with Crippen molar-refractivity contribution in [2.24, 2.45) is 0 Å². The Kier molecular flexibility index (Phi) is 6.66. The summed E-state index contributed by atoms with van der Waals surface area (Å²) < 4.78 is 0. The third-order valence-electron chi connectivity index (χ3n) is 3.56. The van der Waals surface area contributed by atoms with Crippen LogP contribution < -0.4 is 10.2 Å². The van der Waals surface area contributed by atoms with Gasteiger partial charge in [0.2, 0.25) is 11.8 Å². The SMILES string of the molecule is Cc1ccc(NC(=O)CCC(=O)N(CCC#N)c2ccccc2)nc1. The lowest BCUT2D eigenvalue weighted by molar-refractivity contribution is -0.122. The Morgan fingerprint density at radius 2 is 1.92 bits per heavy atom. The molecule has 6 nitrogen and oxygen atoms in total. The van der Waals surface area contributed by atoms with Gasteiger partial charge in [-0.15, -0.1) is 0 Å². The van der Waals surface area contributed by atoms with Gasteiger partial charge in [0.1, 0.15) is 5.82 Å². The van der Waals surface area contributed by atoms with Crippen molar-refractivity contribution in [3.8, 4) is 6.07 Å². The van der Waals surface area contributed by atoms with E-state index in [0.29, 0.717) is 12.4 Å². The molecule has 0 saturated carbocycles. The average Bonchev–Trinajstić information content (AvgIpc) is 2.63. The van der Waals surface area contributed by atoms with E-state index in [0.717, 1.165) is 11.3 Å². The van der Waals surface area contributed by atoms with Crippen LogP contribution in [-0.4, -0.2) is 23.3 Å². The van der Waals surface area contributed by atoms with Gasteiger partial charge in [0.25, 0.3) is 0 Å². The molecule has 2 amide bonds. The van der Waals surface area contributed by atoms with Crippen molar-refractivity contribution in [1.82, 2.24) is 4.98 Å². The molecule has 0 aliphatic rings. The highest BCUT2D eigenvalue weighted by Crippen LogP contribution is 2.16. The number of benzene rings is 1. The molecule has 0 unspecified atom stereocenters. The maximum absolute atomic E-state index is 12.5. The van der Waals surface area contributed by atoms with Crippen molar-refractivity contribution in [3.63, 3.8) is 0 Å². The number of anilines is 2. The minimum Gasteiger partial charge on any atom is -0.311 e. The number of aromatic nitrogens is 1. The number of amides is 2. The van der Waals surface area contributed by atoms with Crippen LogP contribution in [0.25, 0.3) is 0 Å². The second-order valence-electron chi connectivity index (χ2n) is 5.56. The van der Waals surface area contributed by atoms with Gasteiger partial charge in [0.15, 0.2) is 0 Å². The molecule has 6 heteroatoms. The fourth-order valence-corrected chi connectivity index (χ4v) is 2.27. The number of nitrogens with zero attached hydrogens (tertiary/aromatic N) is 3. The van der Waals surface area contributed by atoms with Crippen LogP contribution in [0.1, 0.15) is 24.8 Å². The molecule has 128 valence electrons. The summed E-state index contributed by atoms with van der Waals surface area (Å²) >= 11 is 0. The zero-order chi connectivity index (χ0) is 18.1. The fraction of sp³-hybridized carbons (Fsp3) is 0.263. The third kappa shape index (κ3) is 5.74. The first-order valence-corrected chi connectivity index (χ1v) is 8.05. The zero-order valence-corrected chi connectivity index (χ0v) is 14.1. The van der Waals surface area contributed by atoms with Crippen LogP contribution in [0.15, 0.2) is 48.7 Å². The van der Waals surface area contributed by atoms with Crippen LogP contribution in [-0.2, 0) is 9.59 Å². The summed E-state index contributed by atoms with van der Waals surface area (Å²) in [6, 6.07) is 14.8. The standard InChI is InChI=1S/C19H20N4O2/c1-15-8-9-17(21-14-15)22-18(24)10-11-19(25)23(13-5-12-20)16-6-3-2-4-7-16/h2-4,6-9,14H,5,10-11,13H2,1H3,(H,21,22,24). The van der Waals surface area contributed by atoms with Gasteiger partial charge >= 0.3 is 0 Å². The number of nitrogens with one attached hydrogen (secondary N) is 1. The molecular weight excluding hydrogens is 316 g/mol.